The lowest BCUT2D eigenvalue weighted by Crippen LogP contribution is -2.58. The maximum absolute atomic E-state index is 12.6. The molecule has 3 aliphatic rings. The van der Waals surface area contributed by atoms with Gasteiger partial charge in [-0.25, -0.2) is 4.79 Å². The molecule has 0 saturated carbocycles. The highest BCUT2D eigenvalue weighted by atomic mass is 16.5. The van der Waals surface area contributed by atoms with E-state index in [9.17, 15) is 4.79 Å². The van der Waals surface area contributed by atoms with Crippen molar-refractivity contribution in [3.05, 3.63) is 29.3 Å². The quantitative estimate of drug-likeness (QED) is 0.772. The number of rotatable bonds is 6. The molecule has 2 N–H and O–H groups in total. The van der Waals surface area contributed by atoms with E-state index >= 15 is 0 Å². The van der Waals surface area contributed by atoms with Crippen LogP contribution in [-0.2, 0) is 10.2 Å². The number of aliphatic imine (C=N–C) groups is 1. The van der Waals surface area contributed by atoms with Gasteiger partial charge in [0.25, 0.3) is 0 Å². The first-order chi connectivity index (χ1) is 14.1. The van der Waals surface area contributed by atoms with E-state index in [1.807, 2.05) is 18.7 Å². The van der Waals surface area contributed by atoms with Crippen molar-refractivity contribution in [3.63, 3.8) is 0 Å². The number of carbonyl (C=O) groups is 1. The van der Waals surface area contributed by atoms with Crippen molar-refractivity contribution in [1.29, 1.82) is 0 Å². The van der Waals surface area contributed by atoms with Crippen molar-refractivity contribution in [2.45, 2.75) is 63.5 Å². The number of nitrogens with zero attached hydrogens (tertiary/aromatic N) is 2. The molecular formula is C23H34N4O2. The van der Waals surface area contributed by atoms with Crippen LogP contribution in [0, 0.1) is 0 Å². The number of piperidine rings is 1. The highest BCUT2D eigenvalue weighted by molar-refractivity contribution is 6.03. The summed E-state index contributed by atoms with van der Waals surface area (Å²) < 4.78 is 5.52. The van der Waals surface area contributed by atoms with E-state index in [0.717, 1.165) is 44.6 Å². The van der Waals surface area contributed by atoms with Crippen LogP contribution in [0.2, 0.25) is 0 Å². The first-order valence-corrected chi connectivity index (χ1v) is 11.1. The number of nitrogens with one attached hydrogen (secondary N) is 2. The minimum Gasteiger partial charge on any atom is -0.379 e. The summed E-state index contributed by atoms with van der Waals surface area (Å²) in [6, 6.07) is 7.15. The van der Waals surface area contributed by atoms with Gasteiger partial charge in [0, 0.05) is 50.2 Å². The topological polar surface area (TPSA) is 66.0 Å². The highest BCUT2D eigenvalue weighted by Gasteiger charge is 2.51. The van der Waals surface area contributed by atoms with Gasteiger partial charge in [-0.2, -0.15) is 0 Å². The molecule has 4 rings (SSSR count). The van der Waals surface area contributed by atoms with E-state index in [0.29, 0.717) is 18.6 Å². The average molecular weight is 399 g/mol. The average Bonchev–Trinajstić information content (AvgIpc) is 3.04. The van der Waals surface area contributed by atoms with Crippen LogP contribution in [0.3, 0.4) is 0 Å². The smallest absolute Gasteiger partial charge is 0.317 e. The fourth-order valence-electron chi connectivity index (χ4n) is 5.74. The molecule has 29 heavy (non-hydrogen) atoms. The number of fused-ring (bicyclic) bond motifs is 2. The molecule has 2 heterocycles. The second-order valence-electron chi connectivity index (χ2n) is 8.55. The fourth-order valence-corrected chi connectivity index (χ4v) is 5.74. The summed E-state index contributed by atoms with van der Waals surface area (Å²) >= 11 is 0. The minimum absolute atomic E-state index is 0.0204. The number of methoxy groups -OCH3 is 1. The zero-order chi connectivity index (χ0) is 20.6. The molecule has 2 aliphatic heterocycles. The van der Waals surface area contributed by atoms with E-state index in [1.54, 1.807) is 7.11 Å². The van der Waals surface area contributed by atoms with Crippen molar-refractivity contribution in [3.8, 4) is 0 Å². The third-order valence-electron chi connectivity index (χ3n) is 7.24. The molecule has 0 spiro atoms. The number of hydrogen-bond acceptors (Lipinski definition) is 4. The van der Waals surface area contributed by atoms with Crippen LogP contribution in [0.15, 0.2) is 23.2 Å². The normalized spacial score (nSPS) is 29.7. The van der Waals surface area contributed by atoms with Crippen LogP contribution in [-0.4, -0.2) is 62.1 Å². The van der Waals surface area contributed by atoms with Crippen LogP contribution in [0.5, 0.6) is 0 Å². The molecule has 1 saturated heterocycles. The van der Waals surface area contributed by atoms with Gasteiger partial charge in [-0.3, -0.25) is 4.99 Å². The van der Waals surface area contributed by atoms with E-state index in [2.05, 4.69) is 35.8 Å². The zero-order valence-corrected chi connectivity index (χ0v) is 18.1. The van der Waals surface area contributed by atoms with Crippen molar-refractivity contribution < 1.29 is 9.53 Å². The molecule has 2 unspecified atom stereocenters. The number of hydrogen-bond donors (Lipinski definition) is 2. The van der Waals surface area contributed by atoms with Gasteiger partial charge in [0.1, 0.15) is 0 Å². The lowest BCUT2D eigenvalue weighted by atomic mass is 9.60. The molecule has 1 aromatic rings. The Labute approximate surface area is 174 Å². The van der Waals surface area contributed by atoms with Crippen molar-refractivity contribution >= 4 is 17.4 Å². The molecule has 6 heteroatoms. The molecule has 158 valence electrons. The molecule has 1 aromatic carbocycles. The Morgan fingerprint density at radius 3 is 2.83 bits per heavy atom. The van der Waals surface area contributed by atoms with Gasteiger partial charge in [0.2, 0.25) is 0 Å². The SMILES string of the molecule is CCN(CC)C(=O)N[C@@H]1CN[C@@H]2CC3(CC)C(COC)=Nc4cccc(c43)C2C1. The van der Waals surface area contributed by atoms with Crippen LogP contribution < -0.4 is 10.6 Å². The Hall–Kier alpha value is -1.92. The largest absolute Gasteiger partial charge is 0.379 e. The van der Waals surface area contributed by atoms with Crippen molar-refractivity contribution in [2.75, 3.05) is 33.4 Å². The van der Waals surface area contributed by atoms with Crippen LogP contribution in [0.25, 0.3) is 0 Å². The molecule has 0 bridgehead atoms. The summed E-state index contributed by atoms with van der Waals surface area (Å²) in [7, 11) is 1.75. The molecule has 0 radical (unpaired) electrons. The molecular weight excluding hydrogens is 364 g/mol. The predicted octanol–water partition coefficient (Wildman–Crippen LogP) is 3.34. The predicted molar refractivity (Wildman–Crippen MR) is 116 cm³/mol. The summed E-state index contributed by atoms with van der Waals surface area (Å²) in [5.74, 6) is 0.400. The van der Waals surface area contributed by atoms with E-state index in [4.69, 9.17) is 9.73 Å². The molecule has 6 nitrogen and oxygen atoms in total. The van der Waals surface area contributed by atoms with E-state index in [-0.39, 0.29) is 17.5 Å². The number of carbonyl (C=O) groups excluding carboxylic acids is 1. The van der Waals surface area contributed by atoms with Crippen molar-refractivity contribution in [2.24, 2.45) is 4.99 Å². The number of benzene rings is 1. The monoisotopic (exact) mass is 398 g/mol. The van der Waals surface area contributed by atoms with Gasteiger partial charge in [0.05, 0.1) is 18.0 Å². The van der Waals surface area contributed by atoms with Gasteiger partial charge < -0.3 is 20.3 Å². The molecule has 4 atom stereocenters. The third kappa shape index (κ3) is 3.26. The first-order valence-electron chi connectivity index (χ1n) is 11.1. The molecule has 1 aliphatic carbocycles. The number of urea groups is 1. The van der Waals surface area contributed by atoms with Gasteiger partial charge in [-0.05, 0) is 50.3 Å². The van der Waals surface area contributed by atoms with Crippen LogP contribution in [0.4, 0.5) is 10.5 Å². The van der Waals surface area contributed by atoms with Crippen LogP contribution in [0.1, 0.15) is 57.1 Å². The summed E-state index contributed by atoms with van der Waals surface area (Å²) in [6.45, 7) is 9.19. The summed E-state index contributed by atoms with van der Waals surface area (Å²) in [5, 5.41) is 7.03. The Kier molecular flexibility index (Phi) is 5.67. The summed E-state index contributed by atoms with van der Waals surface area (Å²) in [6.07, 6.45) is 3.06. The molecule has 0 aromatic heterocycles. The Bertz CT molecular complexity index is 804. The maximum atomic E-state index is 12.6. The zero-order valence-electron chi connectivity index (χ0n) is 18.1. The maximum Gasteiger partial charge on any atom is 0.317 e. The van der Waals surface area contributed by atoms with E-state index < -0.39 is 0 Å². The van der Waals surface area contributed by atoms with Crippen LogP contribution >= 0.6 is 0 Å². The summed E-state index contributed by atoms with van der Waals surface area (Å²) in [5.41, 5.74) is 5.08. The Morgan fingerprint density at radius 2 is 2.14 bits per heavy atom. The first kappa shape index (κ1) is 20.4. The second kappa shape index (κ2) is 8.07. The lowest BCUT2D eigenvalue weighted by molar-refractivity contribution is 0.185. The highest BCUT2D eigenvalue weighted by Crippen LogP contribution is 2.54. The minimum atomic E-state index is -0.0204. The number of ether oxygens (including phenoxy) is 1. The van der Waals surface area contributed by atoms with E-state index in [1.165, 1.54) is 16.8 Å². The van der Waals surface area contributed by atoms with Gasteiger partial charge in [-0.1, -0.05) is 19.1 Å². The lowest BCUT2D eigenvalue weighted by Gasteiger charge is -2.48. The summed E-state index contributed by atoms with van der Waals surface area (Å²) in [4.78, 5) is 19.4. The standard InChI is InChI=1S/C23H34N4O2/c1-5-23-12-19-17(11-15(13-24-19)25-22(28)27(6-2)7-3)16-9-8-10-18(21(16)23)26-20(23)14-29-4/h8-10,15,17,19,24H,5-7,11-14H2,1-4H3,(H,25,28)/t15-,17?,19+,23?/m0/s1. The third-order valence-corrected chi connectivity index (χ3v) is 7.24. The number of amides is 2. The fraction of sp³-hybridized carbons (Fsp3) is 0.652. The molecule has 1 fully saturated rings. The molecule has 2 amide bonds. The van der Waals surface area contributed by atoms with Crippen molar-refractivity contribution in [1.82, 2.24) is 15.5 Å². The van der Waals surface area contributed by atoms with Gasteiger partial charge >= 0.3 is 6.03 Å². The van der Waals surface area contributed by atoms with Gasteiger partial charge in [-0.15, -0.1) is 0 Å². The Balaban J connectivity index is 1.61. The Morgan fingerprint density at radius 1 is 1.34 bits per heavy atom. The second-order valence-corrected chi connectivity index (χ2v) is 8.55. The van der Waals surface area contributed by atoms with Gasteiger partial charge in [0.15, 0.2) is 0 Å².